The molecule has 3 rings (SSSR count). The number of hydrogen-bond acceptors (Lipinski definition) is 4. The molecule has 3 heterocycles. The first kappa shape index (κ1) is 15.3. The second kappa shape index (κ2) is 5.53. The standard InChI is InChI=1S/C15H18IN5O/c1-8(2)12-9(3)21(18-13(12)16)11-6-10-7-20(4)19-14(10)17-15(11)22-5/h6-8H,1-5H3. The van der Waals surface area contributed by atoms with Gasteiger partial charge >= 0.3 is 0 Å². The number of rotatable bonds is 3. The van der Waals surface area contributed by atoms with Gasteiger partial charge in [-0.25, -0.2) is 4.68 Å². The van der Waals surface area contributed by atoms with Crippen LogP contribution in [0.5, 0.6) is 5.88 Å². The van der Waals surface area contributed by atoms with Crippen molar-refractivity contribution < 1.29 is 4.74 Å². The summed E-state index contributed by atoms with van der Waals surface area (Å²) in [4.78, 5) is 4.50. The predicted octanol–water partition coefficient (Wildman–Crippen LogP) is 3.20. The second-order valence-corrected chi connectivity index (χ2v) is 6.61. The Balaban J connectivity index is 2.27. The Kier molecular flexibility index (Phi) is 3.84. The van der Waals surface area contributed by atoms with Gasteiger partial charge in [0.05, 0.1) is 7.11 Å². The highest BCUT2D eigenvalue weighted by molar-refractivity contribution is 14.1. The molecule has 0 fully saturated rings. The van der Waals surface area contributed by atoms with Gasteiger partial charge in [-0.15, -0.1) is 0 Å². The molecule has 116 valence electrons. The molecule has 0 aromatic carbocycles. The van der Waals surface area contributed by atoms with Gasteiger partial charge in [0, 0.05) is 29.9 Å². The Morgan fingerprint density at radius 1 is 1.27 bits per heavy atom. The molecule has 0 aliphatic carbocycles. The van der Waals surface area contributed by atoms with E-state index in [1.54, 1.807) is 11.8 Å². The number of aryl methyl sites for hydroxylation is 1. The number of fused-ring (bicyclic) bond motifs is 1. The number of ether oxygens (including phenoxy) is 1. The number of pyridine rings is 1. The molecule has 0 aliphatic rings. The van der Waals surface area contributed by atoms with Crippen molar-refractivity contribution in [2.24, 2.45) is 7.05 Å². The molecule has 22 heavy (non-hydrogen) atoms. The molecule has 7 heteroatoms. The van der Waals surface area contributed by atoms with E-state index in [9.17, 15) is 0 Å². The predicted molar refractivity (Wildman–Crippen MR) is 93.7 cm³/mol. The third-order valence-electron chi connectivity index (χ3n) is 3.67. The Morgan fingerprint density at radius 3 is 2.59 bits per heavy atom. The first-order valence-corrected chi connectivity index (χ1v) is 8.14. The van der Waals surface area contributed by atoms with E-state index in [1.807, 2.05) is 24.0 Å². The fourth-order valence-electron chi connectivity index (χ4n) is 2.72. The Bertz CT molecular complexity index is 849. The van der Waals surface area contributed by atoms with Crippen molar-refractivity contribution >= 4 is 33.6 Å². The smallest absolute Gasteiger partial charge is 0.241 e. The number of methoxy groups -OCH3 is 1. The van der Waals surface area contributed by atoms with Gasteiger partial charge in [-0.1, -0.05) is 13.8 Å². The third-order valence-corrected chi connectivity index (χ3v) is 4.47. The van der Waals surface area contributed by atoms with Crippen LogP contribution in [0.1, 0.15) is 31.0 Å². The van der Waals surface area contributed by atoms with Crippen LogP contribution in [0.15, 0.2) is 12.3 Å². The van der Waals surface area contributed by atoms with Crippen molar-refractivity contribution in [3.63, 3.8) is 0 Å². The largest absolute Gasteiger partial charge is 0.479 e. The van der Waals surface area contributed by atoms with Gasteiger partial charge in [-0.05, 0) is 41.5 Å². The van der Waals surface area contributed by atoms with Gasteiger partial charge in [0.1, 0.15) is 9.39 Å². The van der Waals surface area contributed by atoms with Crippen LogP contribution >= 0.6 is 22.6 Å². The maximum absolute atomic E-state index is 5.46. The fraction of sp³-hybridized carbons (Fsp3) is 0.400. The zero-order valence-electron chi connectivity index (χ0n) is 13.3. The normalized spacial score (nSPS) is 11.6. The van der Waals surface area contributed by atoms with E-state index in [2.05, 4.69) is 58.5 Å². The molecule has 0 amide bonds. The molecule has 0 bridgehead atoms. The van der Waals surface area contributed by atoms with Crippen molar-refractivity contribution in [1.82, 2.24) is 24.5 Å². The molecule has 0 radical (unpaired) electrons. The van der Waals surface area contributed by atoms with Gasteiger partial charge < -0.3 is 4.74 Å². The lowest BCUT2D eigenvalue weighted by Gasteiger charge is -2.10. The topological polar surface area (TPSA) is 57.8 Å². The van der Waals surface area contributed by atoms with Crippen molar-refractivity contribution in [1.29, 1.82) is 0 Å². The highest BCUT2D eigenvalue weighted by Crippen LogP contribution is 2.30. The van der Waals surface area contributed by atoms with E-state index >= 15 is 0 Å². The van der Waals surface area contributed by atoms with Gasteiger partial charge in [0.25, 0.3) is 0 Å². The summed E-state index contributed by atoms with van der Waals surface area (Å²) < 4.78 is 10.1. The van der Waals surface area contributed by atoms with Crippen LogP contribution in [-0.4, -0.2) is 31.7 Å². The van der Waals surface area contributed by atoms with Crippen LogP contribution < -0.4 is 4.74 Å². The van der Waals surface area contributed by atoms with Crippen LogP contribution in [0.2, 0.25) is 0 Å². The average molecular weight is 411 g/mol. The number of aromatic nitrogens is 5. The summed E-state index contributed by atoms with van der Waals surface area (Å²) in [5.74, 6) is 0.949. The second-order valence-electron chi connectivity index (χ2n) is 5.59. The van der Waals surface area contributed by atoms with Gasteiger partial charge in [-0.2, -0.15) is 15.2 Å². The lowest BCUT2D eigenvalue weighted by Crippen LogP contribution is -2.04. The molecule has 3 aromatic heterocycles. The van der Waals surface area contributed by atoms with E-state index in [0.717, 1.165) is 20.5 Å². The fourth-order valence-corrected chi connectivity index (χ4v) is 3.95. The molecular weight excluding hydrogens is 393 g/mol. The summed E-state index contributed by atoms with van der Waals surface area (Å²) in [6.45, 7) is 6.43. The van der Waals surface area contributed by atoms with Crippen LogP contribution in [0.3, 0.4) is 0 Å². The SMILES string of the molecule is COc1nc2nn(C)cc2cc1-n1nc(I)c(C(C)C)c1C. The molecule has 0 atom stereocenters. The molecule has 0 N–H and O–H groups in total. The minimum atomic E-state index is 0.418. The highest BCUT2D eigenvalue weighted by Gasteiger charge is 2.20. The van der Waals surface area contributed by atoms with E-state index in [-0.39, 0.29) is 0 Å². The molecule has 0 spiro atoms. The number of hydrogen-bond donors (Lipinski definition) is 0. The number of halogens is 1. The highest BCUT2D eigenvalue weighted by atomic mass is 127. The summed E-state index contributed by atoms with van der Waals surface area (Å²) >= 11 is 2.29. The Morgan fingerprint density at radius 2 is 2.00 bits per heavy atom. The minimum absolute atomic E-state index is 0.418. The Hall–Kier alpha value is -1.64. The zero-order valence-corrected chi connectivity index (χ0v) is 15.4. The molecule has 0 aliphatic heterocycles. The van der Waals surface area contributed by atoms with E-state index in [4.69, 9.17) is 4.74 Å². The van der Waals surface area contributed by atoms with Crippen molar-refractivity contribution in [2.75, 3.05) is 7.11 Å². The van der Waals surface area contributed by atoms with E-state index < -0.39 is 0 Å². The van der Waals surface area contributed by atoms with Crippen LogP contribution in [0.25, 0.3) is 16.7 Å². The molecular formula is C15H18IN5O. The van der Waals surface area contributed by atoms with E-state index in [1.165, 1.54) is 5.56 Å². The molecule has 0 unspecified atom stereocenters. The van der Waals surface area contributed by atoms with Crippen LogP contribution in [0, 0.1) is 10.6 Å². The first-order valence-electron chi connectivity index (χ1n) is 7.06. The molecule has 3 aromatic rings. The van der Waals surface area contributed by atoms with Crippen molar-refractivity contribution in [3.05, 3.63) is 27.2 Å². The minimum Gasteiger partial charge on any atom is -0.479 e. The quantitative estimate of drug-likeness (QED) is 0.622. The Labute approximate surface area is 142 Å². The van der Waals surface area contributed by atoms with Crippen molar-refractivity contribution in [3.8, 4) is 11.6 Å². The molecule has 6 nitrogen and oxygen atoms in total. The van der Waals surface area contributed by atoms with Gasteiger partial charge in [-0.3, -0.25) is 4.68 Å². The van der Waals surface area contributed by atoms with Crippen LogP contribution in [0.4, 0.5) is 0 Å². The van der Waals surface area contributed by atoms with Gasteiger partial charge in [0.2, 0.25) is 5.88 Å². The van der Waals surface area contributed by atoms with Crippen LogP contribution in [-0.2, 0) is 7.05 Å². The summed E-state index contributed by atoms with van der Waals surface area (Å²) in [7, 11) is 3.50. The summed E-state index contributed by atoms with van der Waals surface area (Å²) in [6, 6.07) is 2.02. The average Bonchev–Trinajstić information content (AvgIpc) is 2.95. The monoisotopic (exact) mass is 411 g/mol. The summed E-state index contributed by atoms with van der Waals surface area (Å²) in [5.41, 5.74) is 3.88. The number of nitrogens with zero attached hydrogens (tertiary/aromatic N) is 5. The maximum Gasteiger partial charge on any atom is 0.241 e. The maximum atomic E-state index is 5.46. The lowest BCUT2D eigenvalue weighted by molar-refractivity contribution is 0.396. The van der Waals surface area contributed by atoms with Crippen molar-refractivity contribution in [2.45, 2.75) is 26.7 Å². The first-order chi connectivity index (χ1) is 10.4. The molecule has 0 saturated heterocycles. The zero-order chi connectivity index (χ0) is 16.0. The summed E-state index contributed by atoms with van der Waals surface area (Å²) in [5, 5.41) is 9.97. The summed E-state index contributed by atoms with van der Waals surface area (Å²) in [6.07, 6.45) is 1.94. The van der Waals surface area contributed by atoms with Gasteiger partial charge in [0.15, 0.2) is 5.65 Å². The third kappa shape index (κ3) is 2.37. The van der Waals surface area contributed by atoms with E-state index in [0.29, 0.717) is 17.4 Å². The molecule has 0 saturated carbocycles. The lowest BCUT2D eigenvalue weighted by atomic mass is 10.1.